The van der Waals surface area contributed by atoms with Gasteiger partial charge in [-0.25, -0.2) is 23.1 Å². The molecule has 2 aliphatic rings. The number of halogens is 6. The predicted octanol–water partition coefficient (Wildman–Crippen LogP) is 4.68. The van der Waals surface area contributed by atoms with Crippen LogP contribution in [0.15, 0.2) is 43.0 Å². The Morgan fingerprint density at radius 3 is 2.16 bits per heavy atom. The number of hydrogen-bond donors (Lipinski definition) is 1. The fourth-order valence-electron chi connectivity index (χ4n) is 4.41. The van der Waals surface area contributed by atoms with Crippen molar-refractivity contribution in [3.8, 4) is 5.75 Å². The number of hydrogen-bond acceptors (Lipinski definition) is 5. The average molecular weight is 530 g/mol. The van der Waals surface area contributed by atoms with Crippen LogP contribution in [0.3, 0.4) is 0 Å². The van der Waals surface area contributed by atoms with Crippen LogP contribution in [0.4, 0.5) is 32.0 Å². The van der Waals surface area contributed by atoms with Crippen LogP contribution in [-0.2, 0) is 15.1 Å². The van der Waals surface area contributed by atoms with Crippen molar-refractivity contribution in [3.63, 3.8) is 0 Å². The van der Waals surface area contributed by atoms with E-state index in [-0.39, 0.29) is 30.5 Å². The first kappa shape index (κ1) is 26.7. The molecule has 7 nitrogen and oxygen atoms in total. The largest absolute Gasteiger partial charge is 0.573 e. The molecule has 2 aromatic rings. The lowest BCUT2D eigenvalue weighted by Gasteiger charge is -2.41. The number of aromatic nitrogens is 2. The zero-order valence-corrected chi connectivity index (χ0v) is 19.6. The zero-order valence-electron chi connectivity index (χ0n) is 19.6. The van der Waals surface area contributed by atoms with Crippen molar-refractivity contribution in [1.82, 2.24) is 15.3 Å². The number of amides is 2. The number of carbonyl (C=O) groups is 2. The van der Waals surface area contributed by atoms with E-state index < -0.39 is 66.4 Å². The number of nitrogens with zero attached hydrogens (tertiary/aromatic N) is 3. The minimum Gasteiger partial charge on any atom is -0.406 e. The van der Waals surface area contributed by atoms with Gasteiger partial charge < -0.3 is 10.1 Å². The molecule has 1 N–H and O–H groups in total. The van der Waals surface area contributed by atoms with Gasteiger partial charge in [0.25, 0.3) is 5.91 Å². The van der Waals surface area contributed by atoms with E-state index in [1.165, 1.54) is 25.6 Å². The molecule has 2 aliphatic carbocycles. The minimum absolute atomic E-state index is 0.00435. The lowest BCUT2D eigenvalue weighted by molar-refractivity contribution is -0.274. The van der Waals surface area contributed by atoms with Crippen molar-refractivity contribution in [2.45, 2.75) is 69.1 Å². The molecule has 3 atom stereocenters. The maximum Gasteiger partial charge on any atom is 0.573 e. The highest BCUT2D eigenvalue weighted by Crippen LogP contribution is 2.42. The zero-order chi connectivity index (χ0) is 27.0. The van der Waals surface area contributed by atoms with Gasteiger partial charge in [-0.1, -0.05) is 0 Å². The molecule has 0 unspecified atom stereocenters. The molecule has 1 heterocycles. The van der Waals surface area contributed by atoms with Gasteiger partial charge in [0.1, 0.15) is 18.2 Å². The lowest BCUT2D eigenvalue weighted by atomic mass is 9.87. The van der Waals surface area contributed by atoms with Gasteiger partial charge >= 0.3 is 6.36 Å². The molecule has 1 aromatic carbocycles. The SMILES string of the molecule is C[C@](C(=O)NC1CCC(F)(F)CC1)(c1cncnc1)N(C(=O)[C@H]1C[C@H]1F)c1ccc(OC(F)(F)F)cc1. The third-order valence-corrected chi connectivity index (χ3v) is 6.64. The van der Waals surface area contributed by atoms with Gasteiger partial charge in [-0.15, -0.1) is 13.2 Å². The molecule has 0 spiro atoms. The third kappa shape index (κ3) is 5.96. The summed E-state index contributed by atoms with van der Waals surface area (Å²) >= 11 is 0. The van der Waals surface area contributed by atoms with Crippen LogP contribution in [0.25, 0.3) is 0 Å². The molecule has 1 aromatic heterocycles. The second-order valence-corrected chi connectivity index (χ2v) is 9.38. The lowest BCUT2D eigenvalue weighted by Crippen LogP contribution is -2.59. The van der Waals surface area contributed by atoms with Crippen molar-refractivity contribution >= 4 is 17.5 Å². The average Bonchev–Trinajstić information content (AvgIpc) is 3.57. The van der Waals surface area contributed by atoms with E-state index in [0.717, 1.165) is 29.2 Å². The minimum atomic E-state index is -4.95. The Labute approximate surface area is 208 Å². The van der Waals surface area contributed by atoms with Gasteiger partial charge in [-0.05, 0) is 50.5 Å². The molecule has 13 heteroatoms. The molecule has 0 radical (unpaired) electrons. The summed E-state index contributed by atoms with van der Waals surface area (Å²) < 4.78 is 83.1. The van der Waals surface area contributed by atoms with Gasteiger partial charge in [0.05, 0.1) is 5.92 Å². The normalized spacial score (nSPS) is 23.0. The fourth-order valence-corrected chi connectivity index (χ4v) is 4.41. The molecule has 0 saturated heterocycles. The molecule has 2 amide bonds. The number of alkyl halides is 6. The maximum atomic E-state index is 14.0. The summed E-state index contributed by atoms with van der Waals surface area (Å²) in [5, 5.41) is 2.72. The van der Waals surface area contributed by atoms with Gasteiger partial charge in [0.15, 0.2) is 5.54 Å². The van der Waals surface area contributed by atoms with E-state index in [0.29, 0.717) is 0 Å². The van der Waals surface area contributed by atoms with E-state index >= 15 is 0 Å². The summed E-state index contributed by atoms with van der Waals surface area (Å²) in [7, 11) is 0. The number of benzene rings is 1. The highest BCUT2D eigenvalue weighted by molar-refractivity contribution is 6.05. The number of carbonyl (C=O) groups excluding carboxylic acids is 2. The Balaban J connectivity index is 1.73. The Kier molecular flexibility index (Phi) is 7.08. The van der Waals surface area contributed by atoms with Crippen molar-refractivity contribution < 1.29 is 40.7 Å². The van der Waals surface area contributed by atoms with E-state index in [2.05, 4.69) is 20.0 Å². The van der Waals surface area contributed by atoms with Crippen molar-refractivity contribution in [3.05, 3.63) is 48.5 Å². The molecule has 37 heavy (non-hydrogen) atoms. The number of ether oxygens (including phenoxy) is 1. The van der Waals surface area contributed by atoms with Crippen LogP contribution in [0.2, 0.25) is 0 Å². The van der Waals surface area contributed by atoms with E-state index in [1.54, 1.807) is 0 Å². The van der Waals surface area contributed by atoms with Gasteiger partial charge in [0.2, 0.25) is 11.8 Å². The van der Waals surface area contributed by atoms with Crippen LogP contribution < -0.4 is 15.0 Å². The number of nitrogens with one attached hydrogen (secondary N) is 1. The smallest absolute Gasteiger partial charge is 0.406 e. The Morgan fingerprint density at radius 2 is 1.65 bits per heavy atom. The molecule has 2 saturated carbocycles. The van der Waals surface area contributed by atoms with E-state index in [1.807, 2.05) is 0 Å². The molecule has 0 bridgehead atoms. The summed E-state index contributed by atoms with van der Waals surface area (Å²) in [5.41, 5.74) is -1.77. The first-order chi connectivity index (χ1) is 17.3. The highest BCUT2D eigenvalue weighted by atomic mass is 19.4. The molecule has 4 rings (SSSR count). The van der Waals surface area contributed by atoms with Gasteiger partial charge in [-0.2, -0.15) is 0 Å². The van der Waals surface area contributed by atoms with Crippen LogP contribution in [-0.4, -0.2) is 46.3 Å². The second-order valence-electron chi connectivity index (χ2n) is 9.38. The quantitative estimate of drug-likeness (QED) is 0.526. The van der Waals surface area contributed by atoms with E-state index in [9.17, 15) is 35.9 Å². The second kappa shape index (κ2) is 9.82. The van der Waals surface area contributed by atoms with Crippen molar-refractivity contribution in [2.75, 3.05) is 4.90 Å². The molecule has 200 valence electrons. The fraction of sp³-hybridized carbons (Fsp3) is 0.500. The van der Waals surface area contributed by atoms with Gasteiger partial charge in [0, 0.05) is 42.5 Å². The Bertz CT molecular complexity index is 1120. The summed E-state index contributed by atoms with van der Waals surface area (Å²) in [6, 6.07) is 3.61. The molecular formula is C24H24F6N4O3. The standard InChI is InChI=1S/C24H24F6N4O3/c1-22(14-11-31-13-32-12-14,21(36)33-15-6-8-23(26,27)9-7-15)34(20(35)18-10-19(18)25)16-2-4-17(5-3-16)37-24(28,29)30/h2-5,11-13,15,18-19H,6-10H2,1H3,(H,33,36)/t18-,19+,22+/m0/s1. The van der Waals surface area contributed by atoms with Crippen molar-refractivity contribution in [1.29, 1.82) is 0 Å². The first-order valence-electron chi connectivity index (χ1n) is 11.6. The van der Waals surface area contributed by atoms with Crippen LogP contribution in [0.1, 0.15) is 44.6 Å². The molecule has 0 aliphatic heterocycles. The predicted molar refractivity (Wildman–Crippen MR) is 118 cm³/mol. The van der Waals surface area contributed by atoms with Gasteiger partial charge in [-0.3, -0.25) is 14.5 Å². The molecule has 2 fully saturated rings. The van der Waals surface area contributed by atoms with Crippen molar-refractivity contribution in [2.24, 2.45) is 5.92 Å². The third-order valence-electron chi connectivity index (χ3n) is 6.64. The van der Waals surface area contributed by atoms with Crippen LogP contribution in [0, 0.1) is 5.92 Å². The number of anilines is 1. The maximum absolute atomic E-state index is 14.0. The summed E-state index contributed by atoms with van der Waals surface area (Å²) in [4.78, 5) is 36.1. The highest BCUT2D eigenvalue weighted by Gasteiger charge is 2.53. The first-order valence-corrected chi connectivity index (χ1v) is 11.6. The van der Waals surface area contributed by atoms with E-state index in [4.69, 9.17) is 0 Å². The Hall–Kier alpha value is -3.38. The molecular weight excluding hydrogens is 506 g/mol. The number of rotatable bonds is 7. The summed E-state index contributed by atoms with van der Waals surface area (Å²) in [5.74, 6) is -5.97. The summed E-state index contributed by atoms with van der Waals surface area (Å²) in [6.45, 7) is 1.37. The van der Waals surface area contributed by atoms with Crippen LogP contribution >= 0.6 is 0 Å². The Morgan fingerprint density at radius 1 is 1.08 bits per heavy atom. The van der Waals surface area contributed by atoms with Crippen LogP contribution in [0.5, 0.6) is 5.75 Å². The summed E-state index contributed by atoms with van der Waals surface area (Å²) in [6.07, 6.45) is -3.53. The monoisotopic (exact) mass is 530 g/mol. The topological polar surface area (TPSA) is 84.4 Å².